The first-order chi connectivity index (χ1) is 65.0. The second-order valence-electron chi connectivity index (χ2n) is 33.2. The minimum absolute atomic E-state index is 0. The van der Waals surface area contributed by atoms with Crippen molar-refractivity contribution in [1.29, 1.82) is 0 Å². The van der Waals surface area contributed by atoms with Gasteiger partial charge < -0.3 is 69.8 Å². The number of aromatic nitrogens is 20. The third kappa shape index (κ3) is 14.9. The molecule has 27 rings (SSSR count). The molecule has 0 spiro atoms. The number of rotatable bonds is 4. The van der Waals surface area contributed by atoms with Crippen molar-refractivity contribution in [2.24, 2.45) is 0 Å². The molecule has 20 nitrogen and oxygen atoms in total. The Hall–Kier alpha value is -14.9. The van der Waals surface area contributed by atoms with Crippen LogP contribution in [-0.4, -0.2) is 69.8 Å². The molecule has 15 heterocycles. The van der Waals surface area contributed by atoms with Gasteiger partial charge in [-0.05, 0) is 140 Å². The summed E-state index contributed by atoms with van der Waals surface area (Å²) in [5.41, 5.74) is 31.5. The zero-order valence-corrected chi connectivity index (χ0v) is 76.9. The zero-order valence-electron chi connectivity index (χ0n) is 72.0. The first-order valence-corrected chi connectivity index (χ1v) is 43.5. The van der Waals surface area contributed by atoms with Crippen LogP contribution in [0, 0.1) is 126 Å². The smallest absolute Gasteiger partial charge is 0.657 e. The standard InChI is InChI=1S/C48H36N4.2C32H16N8.2Eu/c1-29-5-13-33(14-6-29)45-37-21-23-39(49-37)46(34-15-7-30(2)8-16-34)41-25-27-43(51-41)48(36-19-11-32(4)12-20-36)44-28-26-42(52-44)47(40-24-22-38(45)50-40)35-17-9-31(3)10-18-35;2*1-2-10-18-17(9-1)25-33-26(18)38-28-21-13-5-6-14-22(21)30(35-28)40-32-24-16-8-7-15-23(24)31(36-32)39-29-20-12-4-3-11-19(20)27(34-29)37-25;;/h5-28H,1-4H3;2*1-16H;;/q3*-2;2*+3. The van der Waals surface area contributed by atoms with Gasteiger partial charge in [-0.25, -0.2) is 29.9 Å². The fourth-order valence-electron chi connectivity index (χ4n) is 18.1. The molecule has 0 saturated carbocycles. The van der Waals surface area contributed by atoms with Crippen molar-refractivity contribution in [3.8, 4) is 136 Å². The van der Waals surface area contributed by atoms with Crippen LogP contribution >= 0.6 is 0 Å². The van der Waals surface area contributed by atoms with Gasteiger partial charge in [0.25, 0.3) is 0 Å². The molecule has 24 bridgehead atoms. The van der Waals surface area contributed by atoms with Crippen molar-refractivity contribution in [1.82, 2.24) is 99.7 Å². The Bertz CT molecular complexity index is 7750. The molecule has 0 unspecified atom stereocenters. The summed E-state index contributed by atoms with van der Waals surface area (Å²) in [6, 6.07) is 107. The van der Waals surface area contributed by atoms with Gasteiger partial charge in [-0.15, -0.1) is 22.1 Å². The Labute approximate surface area is 847 Å². The number of aryl methyl sites for hydroxylation is 4. The van der Waals surface area contributed by atoms with Crippen LogP contribution in [-0.2, 0) is 0 Å². The molecule has 0 atom stereocenters. The molecule has 12 aromatic carbocycles. The molecular weight excluding hydrogens is 1930 g/mol. The van der Waals surface area contributed by atoms with Gasteiger partial charge in [0.1, 0.15) is 0 Å². The van der Waals surface area contributed by atoms with E-state index in [1.54, 1.807) is 0 Å². The Morgan fingerprint density at radius 3 is 0.478 bits per heavy atom. The minimum Gasteiger partial charge on any atom is -0.657 e. The van der Waals surface area contributed by atoms with Crippen molar-refractivity contribution in [2.45, 2.75) is 27.7 Å². The van der Waals surface area contributed by atoms with Crippen molar-refractivity contribution in [3.05, 3.63) is 360 Å². The van der Waals surface area contributed by atoms with E-state index >= 15 is 0 Å². The van der Waals surface area contributed by atoms with Crippen LogP contribution in [0.5, 0.6) is 0 Å². The Morgan fingerprint density at radius 1 is 0.157 bits per heavy atom. The molecule has 0 amide bonds. The molecular formula is C112H68Eu2N20. The van der Waals surface area contributed by atoms with Gasteiger partial charge in [0.15, 0.2) is 0 Å². The van der Waals surface area contributed by atoms with Crippen LogP contribution in [0.2, 0.25) is 0 Å². The summed E-state index contributed by atoms with van der Waals surface area (Å²) in [6.07, 6.45) is 8.48. The van der Waals surface area contributed by atoms with E-state index in [0.717, 1.165) is 177 Å². The van der Waals surface area contributed by atoms with E-state index in [4.69, 9.17) is 99.7 Å². The van der Waals surface area contributed by atoms with Crippen LogP contribution in [0.4, 0.5) is 0 Å². The molecule has 6 aliphatic rings. The average molecular weight is 2000 g/mol. The monoisotopic (exact) mass is 2000 g/mol. The van der Waals surface area contributed by atoms with Gasteiger partial charge in [-0.3, -0.25) is 0 Å². The Balaban J connectivity index is 0.000000114. The summed E-state index contributed by atoms with van der Waals surface area (Å²) in [4.78, 5) is 100. The molecule has 0 fully saturated rings. The summed E-state index contributed by atoms with van der Waals surface area (Å²) in [5, 5.41) is 7.15. The molecule has 9 aromatic heterocycles. The van der Waals surface area contributed by atoms with E-state index < -0.39 is 0 Å². The van der Waals surface area contributed by atoms with E-state index in [0.29, 0.717) is 91.8 Å². The predicted molar refractivity (Wildman–Crippen MR) is 525 cm³/mol. The number of hydrogen-bond donors (Lipinski definition) is 0. The number of hydrogen-bond acceptors (Lipinski definition) is 14. The average Bonchev–Trinajstić information content (AvgIpc) is 1.61. The molecule has 0 aliphatic carbocycles. The first kappa shape index (κ1) is 83.5. The number of benzene rings is 12. The molecule has 22 heteroatoms. The van der Waals surface area contributed by atoms with Gasteiger partial charge >= 0.3 is 98.8 Å². The van der Waals surface area contributed by atoms with E-state index in [9.17, 15) is 0 Å². The van der Waals surface area contributed by atoms with E-state index in [-0.39, 0.29) is 98.8 Å². The fraction of sp³-hybridized carbons (Fsp3) is 0.0357. The van der Waals surface area contributed by atoms with Crippen molar-refractivity contribution < 1.29 is 98.8 Å². The molecule has 0 N–H and O–H groups in total. The van der Waals surface area contributed by atoms with Gasteiger partial charge in [0.05, 0.1) is 69.4 Å². The number of fused-ring (bicyclic) bond motifs is 48. The summed E-state index contributed by atoms with van der Waals surface area (Å²) in [7, 11) is 0. The third-order valence-electron chi connectivity index (χ3n) is 24.6. The molecule has 630 valence electrons. The minimum atomic E-state index is 0. The maximum absolute atomic E-state index is 5.37. The normalized spacial score (nSPS) is 11.9. The van der Waals surface area contributed by atoms with Crippen LogP contribution in [0.25, 0.3) is 270 Å². The zero-order chi connectivity index (χ0) is 87.8. The summed E-state index contributed by atoms with van der Waals surface area (Å²) in [5.74, 6) is 4.42. The van der Waals surface area contributed by atoms with Crippen LogP contribution in [0.15, 0.2) is 315 Å². The number of nitrogens with zero attached hydrogens (tertiary/aromatic N) is 20. The van der Waals surface area contributed by atoms with E-state index in [1.807, 2.05) is 194 Å². The summed E-state index contributed by atoms with van der Waals surface area (Å²) < 4.78 is 0. The van der Waals surface area contributed by atoms with E-state index in [2.05, 4.69) is 173 Å². The van der Waals surface area contributed by atoms with Crippen LogP contribution in [0.1, 0.15) is 45.0 Å². The van der Waals surface area contributed by atoms with Crippen LogP contribution in [0.3, 0.4) is 0 Å². The Morgan fingerprint density at radius 2 is 0.313 bits per heavy atom. The first-order valence-electron chi connectivity index (χ1n) is 43.5. The van der Waals surface area contributed by atoms with Crippen molar-refractivity contribution in [3.63, 3.8) is 0 Å². The van der Waals surface area contributed by atoms with E-state index in [1.165, 1.54) is 22.3 Å². The largest absolute Gasteiger partial charge is 3.00 e. The predicted octanol–water partition coefficient (Wildman–Crippen LogP) is 24.1. The summed E-state index contributed by atoms with van der Waals surface area (Å²) in [6.45, 7) is 8.45. The van der Waals surface area contributed by atoms with Gasteiger partial charge in [-0.2, -0.15) is 0 Å². The SMILES string of the molecule is Cc1ccc(-c2c3nc(c(-c4ccc(C)cc4)c4ccc([n-]4)c(-c4ccc(C)cc4)c4nc(c(-c5ccc(C)cc5)c5ccc2[n-]5)C=C4)C=C3)cc1.[Eu+3].[Eu+3].c1ccc2c(c1)-c1nc-2nc2[n-]c(nc3nc(nc4[n-]c(n1)c1ccccc41)-c1ccccc1-3)c1ccccc21.c1ccc2c(c1)-c1nc-2nc2[n-]c(nc3nc(nc4[n-]c(n1)c1ccccc41)-c1ccccc1-3)c1ccccc21. The maximum Gasteiger partial charge on any atom is 3.00 e. The third-order valence-corrected chi connectivity index (χ3v) is 24.6. The topological polar surface area (TPSA) is 265 Å². The van der Waals surface area contributed by atoms with Crippen LogP contribution < -0.4 is 29.9 Å². The molecule has 0 radical (unpaired) electrons. The van der Waals surface area contributed by atoms with Gasteiger partial charge in [-0.1, -0.05) is 338 Å². The summed E-state index contributed by atoms with van der Waals surface area (Å²) >= 11 is 0. The molecule has 0 saturated heterocycles. The molecule has 134 heavy (non-hydrogen) atoms. The fourth-order valence-corrected chi connectivity index (χ4v) is 18.1. The van der Waals surface area contributed by atoms with Crippen molar-refractivity contribution >= 4 is 135 Å². The van der Waals surface area contributed by atoms with Gasteiger partial charge in [0.2, 0.25) is 0 Å². The van der Waals surface area contributed by atoms with Gasteiger partial charge in [0, 0.05) is 89.7 Å². The van der Waals surface area contributed by atoms with Crippen molar-refractivity contribution in [2.75, 3.05) is 0 Å². The quantitative estimate of drug-likeness (QED) is 0.158. The molecule has 21 aromatic rings. The second kappa shape index (κ2) is 34.4. The maximum atomic E-state index is 5.37. The molecule has 6 aliphatic heterocycles. The second-order valence-corrected chi connectivity index (χ2v) is 33.2. The Kier molecular flexibility index (Phi) is 21.4.